The Balaban J connectivity index is 3.18. The number of methoxy groups -OCH3 is 1. The van der Waals surface area contributed by atoms with Gasteiger partial charge in [-0.15, -0.1) is 0 Å². The average Bonchev–Trinajstić information content (AvgIpc) is 2.26. The van der Waals surface area contributed by atoms with Crippen molar-refractivity contribution in [3.05, 3.63) is 35.7 Å². The van der Waals surface area contributed by atoms with E-state index in [1.54, 1.807) is 0 Å². The summed E-state index contributed by atoms with van der Waals surface area (Å²) in [6.45, 7) is 0. The Morgan fingerprint density at radius 1 is 1.19 bits per heavy atom. The SMILES string of the molecule is COc1cccc(/C(F)=C(\F)C(F)(F)F)c1. The molecule has 0 unspecified atom stereocenters. The highest BCUT2D eigenvalue weighted by molar-refractivity contribution is 5.63. The zero-order valence-electron chi connectivity index (χ0n) is 8.11. The predicted molar refractivity (Wildman–Crippen MR) is 48.2 cm³/mol. The fourth-order valence-corrected chi connectivity index (χ4v) is 1.01. The molecule has 0 aliphatic heterocycles. The maximum Gasteiger partial charge on any atom is 0.445 e. The largest absolute Gasteiger partial charge is 0.497 e. The molecule has 0 heterocycles. The maximum absolute atomic E-state index is 13.1. The number of allylic oxidation sites excluding steroid dienone is 1. The first kappa shape index (κ1) is 12.5. The van der Waals surface area contributed by atoms with Gasteiger partial charge in [-0.05, 0) is 12.1 Å². The van der Waals surface area contributed by atoms with Gasteiger partial charge < -0.3 is 4.74 Å². The van der Waals surface area contributed by atoms with Crippen LogP contribution in [0.25, 0.3) is 5.83 Å². The minimum Gasteiger partial charge on any atom is -0.497 e. The van der Waals surface area contributed by atoms with E-state index in [4.69, 9.17) is 0 Å². The summed E-state index contributed by atoms with van der Waals surface area (Å²) >= 11 is 0. The van der Waals surface area contributed by atoms with E-state index in [9.17, 15) is 22.0 Å². The van der Waals surface area contributed by atoms with E-state index in [2.05, 4.69) is 4.74 Å². The van der Waals surface area contributed by atoms with E-state index in [1.807, 2.05) is 0 Å². The summed E-state index contributed by atoms with van der Waals surface area (Å²) < 4.78 is 65.9. The van der Waals surface area contributed by atoms with Crippen molar-refractivity contribution < 1.29 is 26.7 Å². The van der Waals surface area contributed by atoms with Gasteiger partial charge >= 0.3 is 6.18 Å². The van der Waals surface area contributed by atoms with Crippen molar-refractivity contribution in [2.45, 2.75) is 6.18 Å². The highest BCUT2D eigenvalue weighted by atomic mass is 19.4. The second-order valence-corrected chi connectivity index (χ2v) is 2.86. The lowest BCUT2D eigenvalue weighted by atomic mass is 10.1. The number of alkyl halides is 3. The third kappa shape index (κ3) is 2.71. The molecule has 1 aromatic carbocycles. The molecule has 1 rings (SSSR count). The number of halogens is 5. The van der Waals surface area contributed by atoms with E-state index < -0.39 is 23.4 Å². The molecule has 0 aliphatic rings. The zero-order chi connectivity index (χ0) is 12.3. The average molecular weight is 238 g/mol. The molecule has 6 heteroatoms. The Morgan fingerprint density at radius 2 is 1.81 bits per heavy atom. The van der Waals surface area contributed by atoms with E-state index in [1.165, 1.54) is 19.2 Å². The van der Waals surface area contributed by atoms with Gasteiger partial charge in [-0.2, -0.15) is 17.6 Å². The number of ether oxygens (including phenoxy) is 1. The smallest absolute Gasteiger partial charge is 0.445 e. The third-order valence-electron chi connectivity index (χ3n) is 1.76. The van der Waals surface area contributed by atoms with Crippen LogP contribution in [0.5, 0.6) is 5.75 Å². The van der Waals surface area contributed by atoms with Crippen LogP contribution in [-0.2, 0) is 0 Å². The van der Waals surface area contributed by atoms with E-state index in [-0.39, 0.29) is 5.75 Å². The van der Waals surface area contributed by atoms with Crippen LogP contribution in [0, 0.1) is 0 Å². The van der Waals surface area contributed by atoms with Crippen molar-refractivity contribution in [2.75, 3.05) is 7.11 Å². The van der Waals surface area contributed by atoms with Gasteiger partial charge in [-0.1, -0.05) is 12.1 Å². The molecule has 0 aromatic heterocycles. The normalized spacial score (nSPS) is 13.4. The maximum atomic E-state index is 13.1. The molecule has 88 valence electrons. The lowest BCUT2D eigenvalue weighted by molar-refractivity contribution is -0.108. The molecule has 0 N–H and O–H groups in total. The molecular formula is C10H7F5O. The van der Waals surface area contributed by atoms with Crippen LogP contribution in [0.3, 0.4) is 0 Å². The van der Waals surface area contributed by atoms with Crippen LogP contribution >= 0.6 is 0 Å². The van der Waals surface area contributed by atoms with Crippen molar-refractivity contribution in [3.63, 3.8) is 0 Å². The van der Waals surface area contributed by atoms with Gasteiger partial charge in [0, 0.05) is 5.56 Å². The highest BCUT2D eigenvalue weighted by Gasteiger charge is 2.38. The lowest BCUT2D eigenvalue weighted by Crippen LogP contribution is -2.09. The zero-order valence-corrected chi connectivity index (χ0v) is 8.11. The summed E-state index contributed by atoms with van der Waals surface area (Å²) in [6.07, 6.45) is -5.33. The molecule has 0 saturated heterocycles. The Kier molecular flexibility index (Phi) is 3.51. The predicted octanol–water partition coefficient (Wildman–Crippen LogP) is 3.87. The molecule has 16 heavy (non-hydrogen) atoms. The van der Waals surface area contributed by atoms with Gasteiger partial charge in [0.25, 0.3) is 0 Å². The van der Waals surface area contributed by atoms with E-state index in [0.717, 1.165) is 12.1 Å². The minimum absolute atomic E-state index is 0.141. The van der Waals surface area contributed by atoms with Crippen molar-refractivity contribution >= 4 is 5.83 Å². The fourth-order valence-electron chi connectivity index (χ4n) is 1.01. The standard InChI is InChI=1S/C10H7F5O/c1-16-7-4-2-3-6(5-7)8(11)9(12)10(13,14)15/h2-5H,1H3/b9-8+. The van der Waals surface area contributed by atoms with Crippen molar-refractivity contribution in [3.8, 4) is 5.75 Å². The van der Waals surface area contributed by atoms with Crippen LogP contribution in [0.15, 0.2) is 30.1 Å². The number of benzene rings is 1. The molecule has 1 nitrogen and oxygen atoms in total. The second-order valence-electron chi connectivity index (χ2n) is 2.86. The van der Waals surface area contributed by atoms with Crippen LogP contribution in [0.4, 0.5) is 22.0 Å². The van der Waals surface area contributed by atoms with E-state index in [0.29, 0.717) is 0 Å². The topological polar surface area (TPSA) is 9.23 Å². The molecule has 0 saturated carbocycles. The first-order valence-electron chi connectivity index (χ1n) is 4.13. The fraction of sp³-hybridized carbons (Fsp3) is 0.200. The molecule has 0 atom stereocenters. The summed E-state index contributed by atoms with van der Waals surface area (Å²) in [4.78, 5) is 0. The van der Waals surface area contributed by atoms with Gasteiger partial charge in [0.15, 0.2) is 5.83 Å². The van der Waals surface area contributed by atoms with E-state index >= 15 is 0 Å². The Labute approximate surface area is 88.1 Å². The first-order valence-corrected chi connectivity index (χ1v) is 4.13. The molecule has 0 aliphatic carbocycles. The summed E-state index contributed by atoms with van der Waals surface area (Å²) in [5, 5.41) is 0. The second kappa shape index (κ2) is 4.51. The van der Waals surface area contributed by atoms with Crippen molar-refractivity contribution in [1.82, 2.24) is 0 Å². The molecule has 1 aromatic rings. The number of rotatable bonds is 2. The number of hydrogen-bond donors (Lipinski definition) is 0. The van der Waals surface area contributed by atoms with Crippen LogP contribution in [0.2, 0.25) is 0 Å². The Hall–Kier alpha value is -1.59. The molecule has 0 amide bonds. The van der Waals surface area contributed by atoms with Crippen LogP contribution in [-0.4, -0.2) is 13.3 Å². The Morgan fingerprint density at radius 3 is 2.31 bits per heavy atom. The summed E-state index contributed by atoms with van der Waals surface area (Å²) in [5.74, 6) is -4.56. The van der Waals surface area contributed by atoms with Gasteiger partial charge in [0.1, 0.15) is 5.75 Å². The molecular weight excluding hydrogens is 231 g/mol. The number of hydrogen-bond acceptors (Lipinski definition) is 1. The van der Waals surface area contributed by atoms with Gasteiger partial charge in [-0.3, -0.25) is 0 Å². The Bertz CT molecular complexity index is 408. The monoisotopic (exact) mass is 238 g/mol. The van der Waals surface area contributed by atoms with Gasteiger partial charge in [-0.25, -0.2) is 4.39 Å². The first-order chi connectivity index (χ1) is 7.36. The van der Waals surface area contributed by atoms with Crippen LogP contribution in [0.1, 0.15) is 5.56 Å². The molecule has 0 bridgehead atoms. The van der Waals surface area contributed by atoms with Crippen LogP contribution < -0.4 is 4.74 Å². The molecule has 0 radical (unpaired) electrons. The summed E-state index contributed by atoms with van der Waals surface area (Å²) in [7, 11) is 1.26. The molecule has 0 fully saturated rings. The van der Waals surface area contributed by atoms with Crippen molar-refractivity contribution in [1.29, 1.82) is 0 Å². The van der Waals surface area contributed by atoms with Crippen molar-refractivity contribution in [2.24, 2.45) is 0 Å². The lowest BCUT2D eigenvalue weighted by Gasteiger charge is -2.06. The third-order valence-corrected chi connectivity index (χ3v) is 1.76. The minimum atomic E-state index is -5.33. The van der Waals surface area contributed by atoms with Gasteiger partial charge in [0.05, 0.1) is 7.11 Å². The van der Waals surface area contributed by atoms with Gasteiger partial charge in [0.2, 0.25) is 5.83 Å². The molecule has 0 spiro atoms. The summed E-state index contributed by atoms with van der Waals surface area (Å²) in [6, 6.07) is 4.66. The summed E-state index contributed by atoms with van der Waals surface area (Å²) in [5.41, 5.74) is -0.519. The quantitative estimate of drug-likeness (QED) is 0.711. The highest BCUT2D eigenvalue weighted by Crippen LogP contribution is 2.34.